The maximum absolute atomic E-state index is 12.2. The largest absolute Gasteiger partial charge is 0.459 e. The predicted octanol–water partition coefficient (Wildman–Crippen LogP) is 2.39. The molecule has 1 heterocycles. The summed E-state index contributed by atoms with van der Waals surface area (Å²) in [6.07, 6.45) is 2.53. The molecule has 0 amide bonds. The van der Waals surface area contributed by atoms with E-state index in [0.717, 1.165) is 0 Å². The molecule has 0 aromatic rings. The summed E-state index contributed by atoms with van der Waals surface area (Å²) in [5.41, 5.74) is -0.343. The summed E-state index contributed by atoms with van der Waals surface area (Å²) >= 11 is 0. The zero-order valence-electron chi connectivity index (χ0n) is 16.1. The Morgan fingerprint density at radius 2 is 2.04 bits per heavy atom. The van der Waals surface area contributed by atoms with Gasteiger partial charge in [0.15, 0.2) is 0 Å². The maximum Gasteiger partial charge on any atom is 0.336 e. The summed E-state index contributed by atoms with van der Waals surface area (Å²) in [6, 6.07) is 0. The number of rotatable bonds is 2. The van der Waals surface area contributed by atoms with Crippen LogP contribution in [0.25, 0.3) is 0 Å². The summed E-state index contributed by atoms with van der Waals surface area (Å²) in [5, 5.41) is 22.2. The van der Waals surface area contributed by atoms with E-state index < -0.39 is 22.8 Å². The molecule has 6 heteroatoms. The van der Waals surface area contributed by atoms with Gasteiger partial charge in [0.25, 0.3) is 0 Å². The first-order chi connectivity index (χ1) is 12.0. The molecule has 2 saturated carbocycles. The Hall–Kier alpha value is -1.66. The highest BCUT2D eigenvalue weighted by Gasteiger charge is 2.66. The van der Waals surface area contributed by atoms with Crippen LogP contribution in [-0.4, -0.2) is 39.6 Å². The van der Waals surface area contributed by atoms with Crippen molar-refractivity contribution in [2.75, 3.05) is 0 Å². The topological polar surface area (TPSA) is 93.1 Å². The van der Waals surface area contributed by atoms with Crippen LogP contribution in [0.2, 0.25) is 0 Å². The molecule has 5 atom stereocenters. The van der Waals surface area contributed by atoms with Gasteiger partial charge in [-0.05, 0) is 40.0 Å². The third-order valence-corrected chi connectivity index (χ3v) is 7.05. The molecule has 3 aliphatic rings. The molecule has 2 aliphatic carbocycles. The first kappa shape index (κ1) is 19.1. The van der Waals surface area contributed by atoms with Crippen molar-refractivity contribution >= 4 is 11.9 Å². The first-order valence-electron chi connectivity index (χ1n) is 9.19. The lowest BCUT2D eigenvalue weighted by Gasteiger charge is -2.59. The van der Waals surface area contributed by atoms with Crippen molar-refractivity contribution in [3.63, 3.8) is 0 Å². The van der Waals surface area contributed by atoms with Gasteiger partial charge in [0.2, 0.25) is 5.79 Å². The molecule has 0 aromatic carbocycles. The second kappa shape index (κ2) is 5.92. The van der Waals surface area contributed by atoms with Gasteiger partial charge < -0.3 is 19.7 Å². The molecule has 0 bridgehead atoms. The van der Waals surface area contributed by atoms with E-state index in [0.29, 0.717) is 36.0 Å². The average molecular weight is 364 g/mol. The molecule has 2 fully saturated rings. The molecule has 3 rings (SSSR count). The molecule has 6 nitrogen and oxygen atoms in total. The molecule has 0 spiro atoms. The molecule has 0 unspecified atom stereocenters. The second-order valence-corrected chi connectivity index (χ2v) is 8.32. The lowest BCUT2D eigenvalue weighted by molar-refractivity contribution is -0.259. The van der Waals surface area contributed by atoms with E-state index in [2.05, 4.69) is 0 Å². The van der Waals surface area contributed by atoms with Gasteiger partial charge >= 0.3 is 11.9 Å². The van der Waals surface area contributed by atoms with Gasteiger partial charge in [-0.25, -0.2) is 9.59 Å². The number of fused-ring (bicyclic) bond motifs is 2. The fourth-order valence-corrected chi connectivity index (χ4v) is 4.76. The minimum Gasteiger partial charge on any atom is -0.459 e. The molecule has 0 aromatic heterocycles. The van der Waals surface area contributed by atoms with E-state index in [1.54, 1.807) is 26.8 Å². The highest BCUT2D eigenvalue weighted by atomic mass is 16.7. The van der Waals surface area contributed by atoms with Gasteiger partial charge in [-0.2, -0.15) is 0 Å². The number of hydrogen-bond acceptors (Lipinski definition) is 6. The van der Waals surface area contributed by atoms with Crippen LogP contribution in [0.5, 0.6) is 0 Å². The third-order valence-electron chi connectivity index (χ3n) is 7.05. The number of hydrogen-bond donors (Lipinski definition) is 2. The highest BCUT2D eigenvalue weighted by Crippen LogP contribution is 2.61. The molecule has 0 saturated heterocycles. The van der Waals surface area contributed by atoms with E-state index in [1.165, 1.54) is 0 Å². The number of ether oxygens (including phenoxy) is 2. The number of aliphatic hydroxyl groups is 2. The van der Waals surface area contributed by atoms with Crippen molar-refractivity contribution in [2.45, 2.75) is 77.8 Å². The van der Waals surface area contributed by atoms with Crippen LogP contribution in [0.15, 0.2) is 22.8 Å². The van der Waals surface area contributed by atoms with E-state index in [1.807, 2.05) is 13.8 Å². The van der Waals surface area contributed by atoms with Gasteiger partial charge in [-0.15, -0.1) is 0 Å². The number of carbonyl (C=O) groups excluding carboxylic acids is 2. The van der Waals surface area contributed by atoms with Crippen LogP contribution in [0.4, 0.5) is 0 Å². The van der Waals surface area contributed by atoms with Crippen LogP contribution < -0.4 is 0 Å². The Morgan fingerprint density at radius 3 is 2.65 bits per heavy atom. The van der Waals surface area contributed by atoms with Crippen molar-refractivity contribution in [2.24, 2.45) is 11.3 Å². The summed E-state index contributed by atoms with van der Waals surface area (Å²) in [4.78, 5) is 24.2. The van der Waals surface area contributed by atoms with Gasteiger partial charge in [-0.1, -0.05) is 19.9 Å². The van der Waals surface area contributed by atoms with Gasteiger partial charge in [0.05, 0.1) is 5.60 Å². The fourth-order valence-electron chi connectivity index (χ4n) is 4.76. The fraction of sp³-hybridized carbons (Fsp3) is 0.700. The van der Waals surface area contributed by atoms with Gasteiger partial charge in [0, 0.05) is 34.5 Å². The Morgan fingerprint density at radius 1 is 1.38 bits per heavy atom. The van der Waals surface area contributed by atoms with E-state index in [4.69, 9.17) is 9.47 Å². The third kappa shape index (κ3) is 2.54. The summed E-state index contributed by atoms with van der Waals surface area (Å²) < 4.78 is 10.9. The van der Waals surface area contributed by atoms with Crippen molar-refractivity contribution in [3.05, 3.63) is 22.8 Å². The van der Waals surface area contributed by atoms with Crippen LogP contribution in [0.3, 0.4) is 0 Å². The normalized spacial score (nSPS) is 42.9. The Balaban J connectivity index is 1.92. The van der Waals surface area contributed by atoms with E-state index >= 15 is 0 Å². The number of carbonyl (C=O) groups is 2. The van der Waals surface area contributed by atoms with Gasteiger partial charge in [-0.3, -0.25) is 0 Å². The van der Waals surface area contributed by atoms with Crippen LogP contribution >= 0.6 is 0 Å². The molecule has 144 valence electrons. The Kier molecular flexibility index (Phi) is 4.36. The van der Waals surface area contributed by atoms with Crippen molar-refractivity contribution in [1.82, 2.24) is 0 Å². The summed E-state index contributed by atoms with van der Waals surface area (Å²) in [7, 11) is 0. The second-order valence-electron chi connectivity index (χ2n) is 8.32. The lowest BCUT2D eigenvalue weighted by Crippen LogP contribution is -2.64. The number of esters is 2. The zero-order chi connectivity index (χ0) is 19.5. The molecule has 0 radical (unpaired) electrons. The van der Waals surface area contributed by atoms with E-state index in [-0.39, 0.29) is 24.4 Å². The summed E-state index contributed by atoms with van der Waals surface area (Å²) in [6.45, 7) is 9.05. The first-order valence-corrected chi connectivity index (χ1v) is 9.19. The predicted molar refractivity (Wildman–Crippen MR) is 93.7 cm³/mol. The van der Waals surface area contributed by atoms with Crippen molar-refractivity contribution in [1.29, 1.82) is 0 Å². The van der Waals surface area contributed by atoms with Crippen LogP contribution in [0.1, 0.15) is 60.3 Å². The Bertz CT molecular complexity index is 722. The number of allylic oxidation sites excluding steroid dienone is 1. The lowest BCUT2D eigenvalue weighted by atomic mass is 9.50. The monoisotopic (exact) mass is 364 g/mol. The smallest absolute Gasteiger partial charge is 0.336 e. The molecular weight excluding hydrogens is 336 g/mol. The SMILES string of the molecule is C/C=C(\C)C(=O)O[C@H]1CC[C@]2(O)C[C@@]3(O)OC(=O)C(C)=C3C[C@]2(C)[C@H]1C. The summed E-state index contributed by atoms with van der Waals surface area (Å²) in [5.74, 6) is -2.75. The molecular formula is C20H28O6. The maximum atomic E-state index is 12.2. The van der Waals surface area contributed by atoms with Crippen molar-refractivity contribution in [3.8, 4) is 0 Å². The Labute approximate surface area is 153 Å². The highest BCUT2D eigenvalue weighted by molar-refractivity contribution is 5.92. The molecule has 1 aliphatic heterocycles. The molecule has 26 heavy (non-hydrogen) atoms. The van der Waals surface area contributed by atoms with Crippen LogP contribution in [0, 0.1) is 11.3 Å². The average Bonchev–Trinajstić information content (AvgIpc) is 2.78. The minimum atomic E-state index is -1.72. The quantitative estimate of drug-likeness (QED) is 0.577. The zero-order valence-corrected chi connectivity index (χ0v) is 16.1. The van der Waals surface area contributed by atoms with E-state index in [9.17, 15) is 19.8 Å². The van der Waals surface area contributed by atoms with Crippen molar-refractivity contribution < 1.29 is 29.3 Å². The van der Waals surface area contributed by atoms with Gasteiger partial charge in [0.1, 0.15) is 6.10 Å². The van der Waals surface area contributed by atoms with Crippen LogP contribution in [-0.2, 0) is 19.1 Å². The molecule has 2 N–H and O–H groups in total. The minimum absolute atomic E-state index is 0.0478. The standard InChI is InChI=1S/C20H28O6/c1-6-11(2)16(21)25-15-7-8-19(23)10-20(24)14(12(3)17(22)26-20)9-18(19,5)13(15)4/h6,13,15,23-24H,7-10H2,1-5H3/b11-6+/t13-,15-,18+,19-,20+/m0/s1.